The summed E-state index contributed by atoms with van der Waals surface area (Å²) >= 11 is 3.54. The van der Waals surface area contributed by atoms with Crippen LogP contribution in [0.15, 0.2) is 35.3 Å². The zero-order valence-corrected chi connectivity index (χ0v) is 12.0. The van der Waals surface area contributed by atoms with E-state index < -0.39 is 0 Å². The van der Waals surface area contributed by atoms with Crippen molar-refractivity contribution < 1.29 is 4.74 Å². The molecule has 1 rings (SSSR count). The predicted molar refractivity (Wildman–Crippen MR) is 76.4 cm³/mol. The van der Waals surface area contributed by atoms with Gasteiger partial charge in [0.1, 0.15) is 11.9 Å². The molecular weight excluding hydrogens is 278 g/mol. The van der Waals surface area contributed by atoms with Crippen LogP contribution in [0.25, 0.3) is 0 Å². The van der Waals surface area contributed by atoms with Gasteiger partial charge >= 0.3 is 0 Å². The summed E-state index contributed by atoms with van der Waals surface area (Å²) in [6.07, 6.45) is 3.63. The van der Waals surface area contributed by atoms with Gasteiger partial charge in [0.15, 0.2) is 0 Å². The van der Waals surface area contributed by atoms with Crippen LogP contribution in [-0.2, 0) is 6.42 Å². The molecule has 0 heterocycles. The van der Waals surface area contributed by atoms with E-state index in [1.165, 1.54) is 5.56 Å². The van der Waals surface area contributed by atoms with E-state index in [2.05, 4.69) is 29.4 Å². The standard InChI is InChI=1S/C14H20BrNO/c1-4-10(3)17-13-6-7-14(15)11(9-13)8-12(16)5-2/h4,6-7,9-10,12H,1,5,8,16H2,2-3H3. The van der Waals surface area contributed by atoms with Gasteiger partial charge in [0.2, 0.25) is 0 Å². The third-order valence-corrected chi connectivity index (χ3v) is 3.45. The molecular formula is C14H20BrNO. The van der Waals surface area contributed by atoms with E-state index in [9.17, 15) is 0 Å². The molecule has 2 unspecified atom stereocenters. The van der Waals surface area contributed by atoms with Crippen molar-refractivity contribution in [3.63, 3.8) is 0 Å². The molecule has 94 valence electrons. The molecule has 0 saturated carbocycles. The number of nitrogens with two attached hydrogens (primary N) is 1. The minimum absolute atomic E-state index is 0.0175. The minimum atomic E-state index is 0.0175. The Morgan fingerprint density at radius 2 is 2.24 bits per heavy atom. The van der Waals surface area contributed by atoms with E-state index in [-0.39, 0.29) is 12.1 Å². The Balaban J connectivity index is 2.82. The van der Waals surface area contributed by atoms with Crippen LogP contribution >= 0.6 is 15.9 Å². The molecule has 1 aromatic carbocycles. The van der Waals surface area contributed by atoms with E-state index in [1.54, 1.807) is 6.08 Å². The van der Waals surface area contributed by atoms with Crippen molar-refractivity contribution >= 4 is 15.9 Å². The van der Waals surface area contributed by atoms with Gasteiger partial charge in [0.05, 0.1) is 0 Å². The molecule has 0 aromatic heterocycles. The normalized spacial score (nSPS) is 14.1. The van der Waals surface area contributed by atoms with Crippen molar-refractivity contribution in [3.8, 4) is 5.75 Å². The molecule has 2 atom stereocenters. The third-order valence-electron chi connectivity index (χ3n) is 2.68. The Morgan fingerprint density at radius 1 is 1.53 bits per heavy atom. The van der Waals surface area contributed by atoms with Crippen LogP contribution in [0.3, 0.4) is 0 Å². The molecule has 0 bridgehead atoms. The lowest BCUT2D eigenvalue weighted by molar-refractivity contribution is 0.270. The molecule has 0 aliphatic carbocycles. The van der Waals surface area contributed by atoms with Crippen molar-refractivity contribution in [1.82, 2.24) is 0 Å². The number of rotatable bonds is 6. The Labute approximate surface area is 112 Å². The summed E-state index contributed by atoms with van der Waals surface area (Å²) in [7, 11) is 0. The maximum absolute atomic E-state index is 5.97. The molecule has 2 nitrogen and oxygen atoms in total. The highest BCUT2D eigenvalue weighted by atomic mass is 79.9. The van der Waals surface area contributed by atoms with E-state index in [0.29, 0.717) is 0 Å². The smallest absolute Gasteiger partial charge is 0.120 e. The van der Waals surface area contributed by atoms with Gasteiger partial charge in [-0.3, -0.25) is 0 Å². The quantitative estimate of drug-likeness (QED) is 0.813. The van der Waals surface area contributed by atoms with Gasteiger partial charge in [-0.15, -0.1) is 0 Å². The topological polar surface area (TPSA) is 35.2 Å². The molecule has 0 amide bonds. The van der Waals surface area contributed by atoms with Crippen molar-refractivity contribution in [2.45, 2.75) is 38.8 Å². The molecule has 0 spiro atoms. The number of benzene rings is 1. The number of ether oxygens (including phenoxy) is 1. The van der Waals surface area contributed by atoms with Crippen molar-refractivity contribution in [2.24, 2.45) is 5.73 Å². The predicted octanol–water partition coefficient (Wildman–Crippen LogP) is 3.68. The summed E-state index contributed by atoms with van der Waals surface area (Å²) in [6.45, 7) is 7.76. The van der Waals surface area contributed by atoms with Gasteiger partial charge in [-0.25, -0.2) is 0 Å². The highest BCUT2D eigenvalue weighted by Crippen LogP contribution is 2.24. The molecule has 2 N–H and O–H groups in total. The van der Waals surface area contributed by atoms with Crippen LogP contribution in [0.5, 0.6) is 5.75 Å². The molecule has 0 saturated heterocycles. The van der Waals surface area contributed by atoms with Crippen molar-refractivity contribution in [2.75, 3.05) is 0 Å². The molecule has 1 aromatic rings. The lowest BCUT2D eigenvalue weighted by Crippen LogP contribution is -2.21. The first-order valence-corrected chi connectivity index (χ1v) is 6.69. The molecule has 17 heavy (non-hydrogen) atoms. The van der Waals surface area contributed by atoms with Crippen LogP contribution in [0, 0.1) is 0 Å². The fourth-order valence-corrected chi connectivity index (χ4v) is 1.88. The molecule has 0 aliphatic heterocycles. The third kappa shape index (κ3) is 4.52. The molecule has 0 fully saturated rings. The summed E-state index contributed by atoms with van der Waals surface area (Å²) in [6, 6.07) is 6.19. The van der Waals surface area contributed by atoms with Crippen LogP contribution < -0.4 is 10.5 Å². The Bertz CT molecular complexity index is 378. The lowest BCUT2D eigenvalue weighted by Gasteiger charge is -2.14. The zero-order chi connectivity index (χ0) is 12.8. The first kappa shape index (κ1) is 14.3. The summed E-state index contributed by atoms with van der Waals surface area (Å²) < 4.78 is 6.78. The Hall–Kier alpha value is -0.800. The highest BCUT2D eigenvalue weighted by molar-refractivity contribution is 9.10. The maximum atomic E-state index is 5.97. The molecule has 3 heteroatoms. The van der Waals surface area contributed by atoms with E-state index in [4.69, 9.17) is 10.5 Å². The number of hydrogen-bond acceptors (Lipinski definition) is 2. The first-order valence-electron chi connectivity index (χ1n) is 5.90. The molecule has 0 radical (unpaired) electrons. The summed E-state index contributed by atoms with van der Waals surface area (Å²) in [5.41, 5.74) is 7.16. The summed E-state index contributed by atoms with van der Waals surface area (Å²) in [4.78, 5) is 0. The van der Waals surface area contributed by atoms with Crippen LogP contribution in [-0.4, -0.2) is 12.1 Å². The number of halogens is 1. The highest BCUT2D eigenvalue weighted by Gasteiger charge is 2.08. The lowest BCUT2D eigenvalue weighted by atomic mass is 10.0. The van der Waals surface area contributed by atoms with Crippen LogP contribution in [0.1, 0.15) is 25.8 Å². The summed E-state index contributed by atoms with van der Waals surface area (Å²) in [5, 5.41) is 0. The Morgan fingerprint density at radius 3 is 2.82 bits per heavy atom. The largest absolute Gasteiger partial charge is 0.487 e. The monoisotopic (exact) mass is 297 g/mol. The number of hydrogen-bond donors (Lipinski definition) is 1. The van der Waals surface area contributed by atoms with Crippen molar-refractivity contribution in [1.29, 1.82) is 0 Å². The minimum Gasteiger partial charge on any atom is -0.487 e. The SMILES string of the molecule is C=CC(C)Oc1ccc(Br)c(CC(N)CC)c1. The van der Waals surface area contributed by atoms with E-state index >= 15 is 0 Å². The summed E-state index contributed by atoms with van der Waals surface area (Å²) in [5.74, 6) is 0.860. The van der Waals surface area contributed by atoms with Gasteiger partial charge < -0.3 is 10.5 Å². The van der Waals surface area contributed by atoms with Crippen LogP contribution in [0.2, 0.25) is 0 Å². The average molecular weight is 298 g/mol. The van der Waals surface area contributed by atoms with E-state index in [1.807, 2.05) is 25.1 Å². The molecule has 0 aliphatic rings. The van der Waals surface area contributed by atoms with Gasteiger partial charge in [-0.05, 0) is 43.5 Å². The van der Waals surface area contributed by atoms with Gasteiger partial charge in [-0.1, -0.05) is 35.5 Å². The van der Waals surface area contributed by atoms with Gasteiger partial charge in [0, 0.05) is 10.5 Å². The first-order chi connectivity index (χ1) is 8.06. The van der Waals surface area contributed by atoms with Gasteiger partial charge in [0.25, 0.3) is 0 Å². The van der Waals surface area contributed by atoms with Crippen LogP contribution in [0.4, 0.5) is 0 Å². The fourth-order valence-electron chi connectivity index (χ4n) is 1.47. The fraction of sp³-hybridized carbons (Fsp3) is 0.429. The van der Waals surface area contributed by atoms with Crippen molar-refractivity contribution in [3.05, 3.63) is 40.9 Å². The average Bonchev–Trinajstić information content (AvgIpc) is 2.33. The van der Waals surface area contributed by atoms with E-state index in [0.717, 1.165) is 23.1 Å². The second kappa shape index (κ2) is 6.82. The van der Waals surface area contributed by atoms with Gasteiger partial charge in [-0.2, -0.15) is 0 Å². The second-order valence-corrected chi connectivity index (χ2v) is 5.04. The maximum Gasteiger partial charge on any atom is 0.120 e. The Kier molecular flexibility index (Phi) is 5.72. The second-order valence-electron chi connectivity index (χ2n) is 4.18. The zero-order valence-electron chi connectivity index (χ0n) is 10.4.